The van der Waals surface area contributed by atoms with Gasteiger partial charge in [-0.2, -0.15) is 0 Å². The van der Waals surface area contributed by atoms with Crippen LogP contribution in [0.4, 0.5) is 8.78 Å². The van der Waals surface area contributed by atoms with Crippen LogP contribution in [0.2, 0.25) is 0 Å². The van der Waals surface area contributed by atoms with E-state index in [1.54, 1.807) is 0 Å². The SMILES string of the molecule is C[C@H](C(=O)O)N1CCC(F)(F)C1. The number of carbonyl (C=O) groups is 1. The summed E-state index contributed by atoms with van der Waals surface area (Å²) in [6.07, 6.45) is -0.232. The Hall–Kier alpha value is -0.710. The zero-order chi connectivity index (χ0) is 9.35. The molecule has 0 aromatic carbocycles. The molecule has 5 heteroatoms. The summed E-state index contributed by atoms with van der Waals surface area (Å²) in [7, 11) is 0. The van der Waals surface area contributed by atoms with Crippen molar-refractivity contribution in [3.05, 3.63) is 0 Å². The van der Waals surface area contributed by atoms with Crippen molar-refractivity contribution < 1.29 is 18.7 Å². The lowest BCUT2D eigenvalue weighted by atomic mass is 10.3. The van der Waals surface area contributed by atoms with Crippen molar-refractivity contribution >= 4 is 5.97 Å². The Morgan fingerprint density at radius 2 is 2.25 bits per heavy atom. The maximum Gasteiger partial charge on any atom is 0.320 e. The number of halogens is 2. The van der Waals surface area contributed by atoms with Crippen LogP contribution in [0, 0.1) is 0 Å². The van der Waals surface area contributed by atoms with Gasteiger partial charge in [-0.15, -0.1) is 0 Å². The first kappa shape index (κ1) is 9.38. The molecule has 0 aliphatic carbocycles. The molecule has 0 saturated carbocycles. The van der Waals surface area contributed by atoms with E-state index in [4.69, 9.17) is 5.11 Å². The number of carboxylic acids is 1. The first-order chi connectivity index (χ1) is 5.42. The topological polar surface area (TPSA) is 40.5 Å². The largest absolute Gasteiger partial charge is 0.480 e. The third-order valence-corrected chi connectivity index (χ3v) is 2.10. The number of hydrogen-bond donors (Lipinski definition) is 1. The maximum absolute atomic E-state index is 12.6. The quantitative estimate of drug-likeness (QED) is 0.681. The molecule has 1 N–H and O–H groups in total. The van der Waals surface area contributed by atoms with Gasteiger partial charge in [0.15, 0.2) is 0 Å². The lowest BCUT2D eigenvalue weighted by molar-refractivity contribution is -0.142. The second-order valence-corrected chi connectivity index (χ2v) is 3.09. The van der Waals surface area contributed by atoms with Crippen molar-refractivity contribution in [3.8, 4) is 0 Å². The van der Waals surface area contributed by atoms with Crippen LogP contribution in [0.25, 0.3) is 0 Å². The van der Waals surface area contributed by atoms with Crippen LogP contribution < -0.4 is 0 Å². The molecule has 1 rings (SSSR count). The Morgan fingerprint density at radius 1 is 1.67 bits per heavy atom. The van der Waals surface area contributed by atoms with Crippen LogP contribution in [0.1, 0.15) is 13.3 Å². The number of hydrogen-bond acceptors (Lipinski definition) is 2. The molecule has 0 radical (unpaired) electrons. The summed E-state index contributed by atoms with van der Waals surface area (Å²) >= 11 is 0. The highest BCUT2D eigenvalue weighted by Gasteiger charge is 2.41. The van der Waals surface area contributed by atoms with Gasteiger partial charge in [-0.05, 0) is 6.92 Å². The van der Waals surface area contributed by atoms with Gasteiger partial charge >= 0.3 is 5.97 Å². The average molecular weight is 179 g/mol. The molecular weight excluding hydrogens is 168 g/mol. The molecule has 0 amide bonds. The van der Waals surface area contributed by atoms with E-state index in [2.05, 4.69) is 0 Å². The Kier molecular flexibility index (Phi) is 2.32. The van der Waals surface area contributed by atoms with Gasteiger partial charge in [0.25, 0.3) is 5.92 Å². The molecule has 0 unspecified atom stereocenters. The van der Waals surface area contributed by atoms with E-state index in [1.807, 2.05) is 0 Å². The second kappa shape index (κ2) is 2.97. The number of alkyl halides is 2. The van der Waals surface area contributed by atoms with Crippen LogP contribution in [-0.2, 0) is 4.79 Å². The van der Waals surface area contributed by atoms with Gasteiger partial charge in [0.2, 0.25) is 0 Å². The Morgan fingerprint density at radius 3 is 2.58 bits per heavy atom. The minimum Gasteiger partial charge on any atom is -0.480 e. The molecule has 0 aromatic heterocycles. The van der Waals surface area contributed by atoms with Crippen LogP contribution in [0.15, 0.2) is 0 Å². The molecule has 0 aromatic rings. The lowest BCUT2D eigenvalue weighted by Crippen LogP contribution is -2.38. The number of nitrogens with zero attached hydrogens (tertiary/aromatic N) is 1. The Balaban J connectivity index is 2.52. The molecule has 0 spiro atoms. The summed E-state index contributed by atoms with van der Waals surface area (Å²) in [5, 5.41) is 8.53. The van der Waals surface area contributed by atoms with E-state index in [1.165, 1.54) is 11.8 Å². The van der Waals surface area contributed by atoms with Gasteiger partial charge in [-0.25, -0.2) is 8.78 Å². The van der Waals surface area contributed by atoms with Gasteiger partial charge in [0, 0.05) is 13.0 Å². The van der Waals surface area contributed by atoms with Crippen LogP contribution >= 0.6 is 0 Å². The third-order valence-electron chi connectivity index (χ3n) is 2.10. The molecular formula is C7H11F2NO2. The molecule has 1 aliphatic heterocycles. The fourth-order valence-electron chi connectivity index (χ4n) is 1.25. The molecule has 1 saturated heterocycles. The average Bonchev–Trinajstić information content (AvgIpc) is 2.28. The zero-order valence-corrected chi connectivity index (χ0v) is 6.76. The summed E-state index contributed by atoms with van der Waals surface area (Å²) in [6.45, 7) is 1.16. The number of rotatable bonds is 2. The van der Waals surface area contributed by atoms with E-state index in [0.29, 0.717) is 0 Å². The minimum absolute atomic E-state index is 0.167. The molecule has 1 aliphatic rings. The first-order valence-corrected chi connectivity index (χ1v) is 3.77. The highest BCUT2D eigenvalue weighted by atomic mass is 19.3. The highest BCUT2D eigenvalue weighted by Crippen LogP contribution is 2.27. The molecule has 1 atom stereocenters. The maximum atomic E-state index is 12.6. The summed E-state index contributed by atoms with van der Waals surface area (Å²) in [5.74, 6) is -3.75. The summed E-state index contributed by atoms with van der Waals surface area (Å²) < 4.78 is 25.2. The van der Waals surface area contributed by atoms with E-state index in [-0.39, 0.29) is 13.0 Å². The van der Waals surface area contributed by atoms with E-state index in [0.717, 1.165) is 0 Å². The van der Waals surface area contributed by atoms with E-state index >= 15 is 0 Å². The monoisotopic (exact) mass is 179 g/mol. The van der Waals surface area contributed by atoms with E-state index < -0.39 is 24.5 Å². The van der Waals surface area contributed by atoms with Crippen LogP contribution in [0.3, 0.4) is 0 Å². The van der Waals surface area contributed by atoms with Crippen LogP contribution in [-0.4, -0.2) is 41.0 Å². The van der Waals surface area contributed by atoms with Crippen molar-refractivity contribution in [1.29, 1.82) is 0 Å². The Bertz CT molecular complexity index is 196. The van der Waals surface area contributed by atoms with Gasteiger partial charge in [-0.3, -0.25) is 9.69 Å². The molecule has 12 heavy (non-hydrogen) atoms. The fraction of sp³-hybridized carbons (Fsp3) is 0.857. The first-order valence-electron chi connectivity index (χ1n) is 3.77. The lowest BCUT2D eigenvalue weighted by Gasteiger charge is -2.19. The van der Waals surface area contributed by atoms with Crippen LogP contribution in [0.5, 0.6) is 0 Å². The smallest absolute Gasteiger partial charge is 0.320 e. The normalized spacial score (nSPS) is 25.6. The van der Waals surface area contributed by atoms with Gasteiger partial charge < -0.3 is 5.11 Å². The predicted molar refractivity (Wildman–Crippen MR) is 38.2 cm³/mol. The number of likely N-dealkylation sites (tertiary alicyclic amines) is 1. The van der Waals surface area contributed by atoms with Crippen molar-refractivity contribution in [2.24, 2.45) is 0 Å². The standard InChI is InChI=1S/C7H11F2NO2/c1-5(6(11)12)10-3-2-7(8,9)4-10/h5H,2-4H2,1H3,(H,11,12)/t5-/m1/s1. The van der Waals surface area contributed by atoms with Crippen molar-refractivity contribution in [1.82, 2.24) is 4.90 Å². The predicted octanol–water partition coefficient (Wildman–Crippen LogP) is 0.800. The zero-order valence-electron chi connectivity index (χ0n) is 6.76. The van der Waals surface area contributed by atoms with Gasteiger partial charge in [0.1, 0.15) is 6.04 Å². The second-order valence-electron chi connectivity index (χ2n) is 3.09. The Labute approximate surface area is 69.0 Å². The van der Waals surface area contributed by atoms with Gasteiger partial charge in [0.05, 0.1) is 6.54 Å². The molecule has 1 heterocycles. The minimum atomic E-state index is -2.70. The van der Waals surface area contributed by atoms with Crippen molar-refractivity contribution in [3.63, 3.8) is 0 Å². The number of carboxylic acid groups (broad SMARTS) is 1. The van der Waals surface area contributed by atoms with Gasteiger partial charge in [-0.1, -0.05) is 0 Å². The number of aliphatic carboxylic acids is 1. The molecule has 3 nitrogen and oxygen atoms in total. The molecule has 70 valence electrons. The van der Waals surface area contributed by atoms with E-state index in [9.17, 15) is 13.6 Å². The van der Waals surface area contributed by atoms with Crippen molar-refractivity contribution in [2.75, 3.05) is 13.1 Å². The summed E-state index contributed by atoms with van der Waals surface area (Å²) in [4.78, 5) is 11.7. The molecule has 1 fully saturated rings. The van der Waals surface area contributed by atoms with Crippen molar-refractivity contribution in [2.45, 2.75) is 25.3 Å². The highest BCUT2D eigenvalue weighted by molar-refractivity contribution is 5.72. The molecule has 0 bridgehead atoms. The summed E-state index contributed by atoms with van der Waals surface area (Å²) in [6, 6.07) is -0.807. The fourth-order valence-corrected chi connectivity index (χ4v) is 1.25. The third kappa shape index (κ3) is 1.91. The summed E-state index contributed by atoms with van der Waals surface area (Å²) in [5.41, 5.74) is 0.